The van der Waals surface area contributed by atoms with Crippen LogP contribution in [0.3, 0.4) is 0 Å². The number of methoxy groups -OCH3 is 1. The van der Waals surface area contributed by atoms with E-state index in [9.17, 15) is 0 Å². The van der Waals surface area contributed by atoms with Crippen molar-refractivity contribution in [1.82, 2.24) is 9.97 Å². The molecule has 0 fully saturated rings. The molecule has 0 saturated heterocycles. The van der Waals surface area contributed by atoms with Crippen molar-refractivity contribution in [3.05, 3.63) is 35.9 Å². The minimum atomic E-state index is 0.563. The maximum Gasteiger partial charge on any atom is 0.225 e. The van der Waals surface area contributed by atoms with Gasteiger partial charge < -0.3 is 19.8 Å². The number of anilines is 2. The number of aryl methyl sites for hydroxylation is 1. The predicted octanol–water partition coefficient (Wildman–Crippen LogP) is 2.05. The number of rotatable bonds is 7. The van der Waals surface area contributed by atoms with Gasteiger partial charge in [0.05, 0.1) is 19.4 Å². The Morgan fingerprint density at radius 2 is 2.21 bits per heavy atom. The Labute approximate surface area is 112 Å². The van der Waals surface area contributed by atoms with Crippen molar-refractivity contribution in [3.8, 4) is 0 Å². The Bertz CT molecular complexity index is 499. The first kappa shape index (κ1) is 13.4. The largest absolute Gasteiger partial charge is 0.467 e. The van der Waals surface area contributed by atoms with E-state index >= 15 is 0 Å². The van der Waals surface area contributed by atoms with Crippen molar-refractivity contribution >= 4 is 11.8 Å². The summed E-state index contributed by atoms with van der Waals surface area (Å²) in [5, 5.41) is 6.31. The normalized spacial score (nSPS) is 10.4. The fourth-order valence-electron chi connectivity index (χ4n) is 1.60. The van der Waals surface area contributed by atoms with Gasteiger partial charge in [0.25, 0.3) is 0 Å². The summed E-state index contributed by atoms with van der Waals surface area (Å²) in [6.45, 7) is 3.85. The van der Waals surface area contributed by atoms with Crippen molar-refractivity contribution in [2.24, 2.45) is 0 Å². The Morgan fingerprint density at radius 3 is 2.95 bits per heavy atom. The lowest BCUT2D eigenvalue weighted by Gasteiger charge is -2.09. The van der Waals surface area contributed by atoms with Crippen molar-refractivity contribution in [1.29, 1.82) is 0 Å². The van der Waals surface area contributed by atoms with E-state index in [1.807, 2.05) is 25.1 Å². The van der Waals surface area contributed by atoms with Crippen molar-refractivity contribution < 1.29 is 9.15 Å². The first-order chi connectivity index (χ1) is 9.28. The van der Waals surface area contributed by atoms with Gasteiger partial charge in [-0.15, -0.1) is 0 Å². The van der Waals surface area contributed by atoms with E-state index in [1.165, 1.54) is 0 Å². The van der Waals surface area contributed by atoms with Gasteiger partial charge in [0, 0.05) is 25.4 Å². The Morgan fingerprint density at radius 1 is 1.32 bits per heavy atom. The van der Waals surface area contributed by atoms with E-state index in [4.69, 9.17) is 9.15 Å². The third-order valence-electron chi connectivity index (χ3n) is 2.47. The van der Waals surface area contributed by atoms with Crippen LogP contribution in [0, 0.1) is 6.92 Å². The van der Waals surface area contributed by atoms with Crippen LogP contribution in [0.15, 0.2) is 28.9 Å². The number of ether oxygens (including phenoxy) is 1. The molecule has 2 heterocycles. The smallest absolute Gasteiger partial charge is 0.225 e. The highest BCUT2D eigenvalue weighted by Gasteiger charge is 2.03. The van der Waals surface area contributed by atoms with Gasteiger partial charge in [-0.2, -0.15) is 4.98 Å². The highest BCUT2D eigenvalue weighted by molar-refractivity contribution is 5.42. The molecule has 0 saturated carbocycles. The molecule has 2 aromatic heterocycles. The second-order valence-corrected chi connectivity index (χ2v) is 4.07. The van der Waals surface area contributed by atoms with E-state index in [1.54, 1.807) is 13.4 Å². The van der Waals surface area contributed by atoms with Gasteiger partial charge in [0.1, 0.15) is 11.6 Å². The summed E-state index contributed by atoms with van der Waals surface area (Å²) < 4.78 is 10.2. The molecule has 6 nitrogen and oxygen atoms in total. The minimum absolute atomic E-state index is 0.563. The van der Waals surface area contributed by atoms with Gasteiger partial charge in [-0.05, 0) is 19.1 Å². The van der Waals surface area contributed by atoms with Crippen molar-refractivity contribution in [2.45, 2.75) is 13.5 Å². The molecule has 0 aliphatic heterocycles. The molecule has 0 amide bonds. The fourth-order valence-corrected chi connectivity index (χ4v) is 1.60. The predicted molar refractivity (Wildman–Crippen MR) is 73.2 cm³/mol. The first-order valence-corrected chi connectivity index (χ1v) is 6.12. The van der Waals surface area contributed by atoms with Crippen LogP contribution in [0.1, 0.15) is 11.5 Å². The summed E-state index contributed by atoms with van der Waals surface area (Å²) in [4.78, 5) is 8.70. The van der Waals surface area contributed by atoms with Crippen LogP contribution in [-0.2, 0) is 11.3 Å². The maximum atomic E-state index is 5.24. The molecule has 0 aliphatic rings. The van der Waals surface area contributed by atoms with Crippen LogP contribution in [0.5, 0.6) is 0 Å². The van der Waals surface area contributed by atoms with Gasteiger partial charge in [0.2, 0.25) is 5.95 Å². The molecule has 2 N–H and O–H groups in total. The molecular formula is C13H18N4O2. The molecule has 0 bridgehead atoms. The van der Waals surface area contributed by atoms with Crippen LogP contribution in [0.4, 0.5) is 11.8 Å². The number of hydrogen-bond donors (Lipinski definition) is 2. The first-order valence-electron chi connectivity index (χ1n) is 6.12. The van der Waals surface area contributed by atoms with Gasteiger partial charge in [-0.25, -0.2) is 4.98 Å². The summed E-state index contributed by atoms with van der Waals surface area (Å²) in [7, 11) is 1.67. The summed E-state index contributed by atoms with van der Waals surface area (Å²) in [5.74, 6) is 2.21. The van der Waals surface area contributed by atoms with Crippen molar-refractivity contribution in [2.75, 3.05) is 30.9 Å². The summed E-state index contributed by atoms with van der Waals surface area (Å²) >= 11 is 0. The standard InChI is InChI=1S/C13H18N4O2/c1-10-8-12(14-5-7-18-2)17-13(16-10)15-9-11-4-3-6-19-11/h3-4,6,8H,5,7,9H2,1-2H3,(H2,14,15,16,17). The lowest BCUT2D eigenvalue weighted by atomic mass is 10.4. The monoisotopic (exact) mass is 262 g/mol. The number of furan rings is 1. The van der Waals surface area contributed by atoms with E-state index < -0.39 is 0 Å². The lowest BCUT2D eigenvalue weighted by Crippen LogP contribution is -2.11. The number of nitrogens with one attached hydrogen (secondary N) is 2. The van der Waals surface area contributed by atoms with Gasteiger partial charge in [0.15, 0.2) is 0 Å². The summed E-state index contributed by atoms with van der Waals surface area (Å²) in [6, 6.07) is 5.65. The van der Waals surface area contributed by atoms with Crippen LogP contribution in [0.2, 0.25) is 0 Å². The highest BCUT2D eigenvalue weighted by Crippen LogP contribution is 2.10. The Balaban J connectivity index is 1.95. The second-order valence-electron chi connectivity index (χ2n) is 4.07. The summed E-state index contributed by atoms with van der Waals surface area (Å²) in [5.41, 5.74) is 0.900. The van der Waals surface area contributed by atoms with Gasteiger partial charge in [-0.1, -0.05) is 0 Å². The second kappa shape index (κ2) is 6.75. The Kier molecular flexibility index (Phi) is 4.74. The topological polar surface area (TPSA) is 72.2 Å². The average Bonchev–Trinajstić information content (AvgIpc) is 2.89. The molecule has 0 atom stereocenters. The molecule has 2 rings (SSSR count). The highest BCUT2D eigenvalue weighted by atomic mass is 16.5. The van der Waals surface area contributed by atoms with Crippen LogP contribution < -0.4 is 10.6 Å². The lowest BCUT2D eigenvalue weighted by molar-refractivity contribution is 0.210. The van der Waals surface area contributed by atoms with Crippen LogP contribution in [-0.4, -0.2) is 30.2 Å². The molecule has 0 aliphatic carbocycles. The molecule has 2 aromatic rings. The van der Waals surface area contributed by atoms with E-state index in [2.05, 4.69) is 20.6 Å². The zero-order valence-corrected chi connectivity index (χ0v) is 11.1. The third kappa shape index (κ3) is 4.26. The van der Waals surface area contributed by atoms with Crippen LogP contribution >= 0.6 is 0 Å². The SMILES string of the molecule is COCCNc1cc(C)nc(NCc2ccco2)n1. The van der Waals surface area contributed by atoms with Gasteiger partial charge in [-0.3, -0.25) is 0 Å². The van der Waals surface area contributed by atoms with E-state index in [0.29, 0.717) is 25.6 Å². The zero-order chi connectivity index (χ0) is 13.5. The van der Waals surface area contributed by atoms with Crippen LogP contribution in [0.25, 0.3) is 0 Å². The zero-order valence-electron chi connectivity index (χ0n) is 11.1. The molecular weight excluding hydrogens is 244 g/mol. The Hall–Kier alpha value is -2.08. The molecule has 102 valence electrons. The molecule has 19 heavy (non-hydrogen) atoms. The van der Waals surface area contributed by atoms with E-state index in [-0.39, 0.29) is 0 Å². The van der Waals surface area contributed by atoms with Gasteiger partial charge >= 0.3 is 0 Å². The van der Waals surface area contributed by atoms with E-state index in [0.717, 1.165) is 17.3 Å². The molecule has 0 aromatic carbocycles. The fraction of sp³-hybridized carbons (Fsp3) is 0.385. The molecule has 0 unspecified atom stereocenters. The third-order valence-corrected chi connectivity index (χ3v) is 2.47. The number of nitrogens with zero attached hydrogens (tertiary/aromatic N) is 2. The quantitative estimate of drug-likeness (QED) is 0.744. The van der Waals surface area contributed by atoms with Crippen molar-refractivity contribution in [3.63, 3.8) is 0 Å². The summed E-state index contributed by atoms with van der Waals surface area (Å²) in [6.07, 6.45) is 1.64. The molecule has 6 heteroatoms. The number of hydrogen-bond acceptors (Lipinski definition) is 6. The average molecular weight is 262 g/mol. The molecule has 0 spiro atoms. The maximum absolute atomic E-state index is 5.24. The minimum Gasteiger partial charge on any atom is -0.467 e. The molecule has 0 radical (unpaired) electrons. The number of aromatic nitrogens is 2.